The summed E-state index contributed by atoms with van der Waals surface area (Å²) in [5.74, 6) is -0.347. The van der Waals surface area contributed by atoms with E-state index in [0.717, 1.165) is 11.1 Å². The van der Waals surface area contributed by atoms with Gasteiger partial charge >= 0.3 is 0 Å². The van der Waals surface area contributed by atoms with Crippen LogP contribution in [0.3, 0.4) is 0 Å². The first-order valence-corrected chi connectivity index (χ1v) is 9.63. The molecule has 0 bridgehead atoms. The molecule has 2 saturated heterocycles. The van der Waals surface area contributed by atoms with Crippen molar-refractivity contribution in [1.29, 1.82) is 0 Å². The molecular weight excluding hydrogens is 357 g/mol. The van der Waals surface area contributed by atoms with E-state index >= 15 is 0 Å². The van der Waals surface area contributed by atoms with Crippen LogP contribution in [-0.2, 0) is 22.6 Å². The van der Waals surface area contributed by atoms with E-state index in [0.29, 0.717) is 38.2 Å². The molecule has 0 aliphatic carbocycles. The molecule has 146 valence electrons. The van der Waals surface area contributed by atoms with E-state index in [1.165, 1.54) is 0 Å². The monoisotopic (exact) mass is 381 g/mol. The molecule has 2 aromatic rings. The third-order valence-electron chi connectivity index (χ3n) is 5.59. The number of carbonyl (C=O) groups excluding carboxylic acids is 2. The SMILES string of the molecule is Cc1ccc(CN2CCN3C(=O)[C@H](Cc4ccccc4)NC(=O)[C@H]3C2)cc1F. The van der Waals surface area contributed by atoms with Crippen molar-refractivity contribution in [3.05, 3.63) is 71.0 Å². The van der Waals surface area contributed by atoms with Gasteiger partial charge in [0.1, 0.15) is 17.9 Å². The van der Waals surface area contributed by atoms with Crippen molar-refractivity contribution in [3.63, 3.8) is 0 Å². The number of hydrogen-bond acceptors (Lipinski definition) is 3. The quantitative estimate of drug-likeness (QED) is 0.880. The maximum Gasteiger partial charge on any atom is 0.246 e. The molecule has 0 spiro atoms. The van der Waals surface area contributed by atoms with E-state index in [1.54, 1.807) is 24.0 Å². The minimum Gasteiger partial charge on any atom is -0.342 e. The van der Waals surface area contributed by atoms with Gasteiger partial charge in [0.25, 0.3) is 0 Å². The first-order valence-electron chi connectivity index (χ1n) is 9.63. The Morgan fingerprint density at radius 1 is 1.07 bits per heavy atom. The smallest absolute Gasteiger partial charge is 0.246 e. The van der Waals surface area contributed by atoms with Crippen LogP contribution in [-0.4, -0.2) is 53.3 Å². The van der Waals surface area contributed by atoms with Crippen LogP contribution >= 0.6 is 0 Å². The molecule has 0 aromatic heterocycles. The molecule has 2 atom stereocenters. The van der Waals surface area contributed by atoms with Crippen LogP contribution in [0.25, 0.3) is 0 Å². The summed E-state index contributed by atoms with van der Waals surface area (Å²) < 4.78 is 13.8. The molecular formula is C22H24FN3O2. The molecule has 2 heterocycles. The van der Waals surface area contributed by atoms with Crippen molar-refractivity contribution < 1.29 is 14.0 Å². The lowest BCUT2D eigenvalue weighted by Crippen LogP contribution is -2.69. The molecule has 5 nitrogen and oxygen atoms in total. The summed E-state index contributed by atoms with van der Waals surface area (Å²) in [5.41, 5.74) is 2.52. The van der Waals surface area contributed by atoms with Crippen LogP contribution in [0.2, 0.25) is 0 Å². The van der Waals surface area contributed by atoms with Crippen molar-refractivity contribution in [2.75, 3.05) is 19.6 Å². The first-order chi connectivity index (χ1) is 13.5. The minimum atomic E-state index is -0.510. The molecule has 28 heavy (non-hydrogen) atoms. The molecule has 6 heteroatoms. The van der Waals surface area contributed by atoms with Crippen LogP contribution in [0.1, 0.15) is 16.7 Å². The molecule has 4 rings (SSSR count). The van der Waals surface area contributed by atoms with Gasteiger partial charge in [0.05, 0.1) is 0 Å². The summed E-state index contributed by atoms with van der Waals surface area (Å²) >= 11 is 0. The van der Waals surface area contributed by atoms with Gasteiger partial charge in [-0.2, -0.15) is 0 Å². The summed E-state index contributed by atoms with van der Waals surface area (Å²) in [4.78, 5) is 29.4. The molecule has 2 amide bonds. The van der Waals surface area contributed by atoms with Gasteiger partial charge in [-0.1, -0.05) is 42.5 Å². The normalized spacial score (nSPS) is 22.7. The average molecular weight is 381 g/mol. The molecule has 2 fully saturated rings. The summed E-state index contributed by atoms with van der Waals surface area (Å²) in [6.45, 7) is 3.95. The fourth-order valence-corrected chi connectivity index (χ4v) is 3.98. The number of fused-ring (bicyclic) bond motifs is 1. The molecule has 2 aromatic carbocycles. The highest BCUT2D eigenvalue weighted by atomic mass is 19.1. The van der Waals surface area contributed by atoms with E-state index in [2.05, 4.69) is 10.2 Å². The highest BCUT2D eigenvalue weighted by Gasteiger charge is 2.43. The largest absolute Gasteiger partial charge is 0.342 e. The van der Waals surface area contributed by atoms with Gasteiger partial charge in [0.2, 0.25) is 11.8 Å². The molecule has 0 radical (unpaired) electrons. The summed E-state index contributed by atoms with van der Waals surface area (Å²) in [6, 6.07) is 13.9. The lowest BCUT2D eigenvalue weighted by Gasteiger charge is -2.45. The van der Waals surface area contributed by atoms with Crippen molar-refractivity contribution >= 4 is 11.8 Å². The van der Waals surface area contributed by atoms with E-state index in [4.69, 9.17) is 0 Å². The van der Waals surface area contributed by atoms with E-state index in [1.807, 2.05) is 36.4 Å². The van der Waals surface area contributed by atoms with Crippen LogP contribution in [0.4, 0.5) is 4.39 Å². The third-order valence-corrected chi connectivity index (χ3v) is 5.59. The van der Waals surface area contributed by atoms with Crippen molar-refractivity contribution in [3.8, 4) is 0 Å². The Kier molecular flexibility index (Phi) is 5.13. The zero-order valence-electron chi connectivity index (χ0n) is 15.9. The van der Waals surface area contributed by atoms with Gasteiger partial charge in [-0.05, 0) is 29.7 Å². The summed E-state index contributed by atoms with van der Waals surface area (Å²) in [7, 11) is 0. The number of halogens is 1. The molecule has 2 aliphatic rings. The van der Waals surface area contributed by atoms with Crippen LogP contribution < -0.4 is 5.32 Å². The summed E-state index contributed by atoms with van der Waals surface area (Å²) in [6.07, 6.45) is 0.501. The van der Waals surface area contributed by atoms with Crippen molar-refractivity contribution in [2.24, 2.45) is 0 Å². The standard InChI is InChI=1S/C22H24FN3O2/c1-15-7-8-17(11-18(15)23)13-25-9-10-26-20(14-25)21(27)24-19(22(26)28)12-16-5-3-2-4-6-16/h2-8,11,19-20H,9-10,12-14H2,1H3,(H,24,27)/t19-,20+/m0/s1. The molecule has 1 N–H and O–H groups in total. The Balaban J connectivity index is 1.42. The maximum atomic E-state index is 13.8. The Morgan fingerprint density at radius 3 is 2.61 bits per heavy atom. The van der Waals surface area contributed by atoms with E-state index in [-0.39, 0.29) is 17.6 Å². The second-order valence-electron chi connectivity index (χ2n) is 7.62. The van der Waals surface area contributed by atoms with Crippen LogP contribution in [0.15, 0.2) is 48.5 Å². The minimum absolute atomic E-state index is 0.0190. The number of hydrogen-bond donors (Lipinski definition) is 1. The lowest BCUT2D eigenvalue weighted by atomic mass is 9.98. The third kappa shape index (κ3) is 3.78. The van der Waals surface area contributed by atoms with Gasteiger partial charge in [0.15, 0.2) is 0 Å². The van der Waals surface area contributed by atoms with Crippen molar-refractivity contribution in [2.45, 2.75) is 32.0 Å². The highest BCUT2D eigenvalue weighted by molar-refractivity contribution is 5.97. The second-order valence-corrected chi connectivity index (χ2v) is 7.62. The van der Waals surface area contributed by atoms with Crippen LogP contribution in [0.5, 0.6) is 0 Å². The van der Waals surface area contributed by atoms with E-state index < -0.39 is 12.1 Å². The predicted octanol–water partition coefficient (Wildman–Crippen LogP) is 1.89. The zero-order chi connectivity index (χ0) is 19.7. The number of nitrogens with one attached hydrogen (secondary N) is 1. The first kappa shape index (κ1) is 18.6. The Bertz CT molecular complexity index is 887. The topological polar surface area (TPSA) is 52.6 Å². The van der Waals surface area contributed by atoms with E-state index in [9.17, 15) is 14.0 Å². The van der Waals surface area contributed by atoms with Gasteiger partial charge in [-0.3, -0.25) is 14.5 Å². The lowest BCUT2D eigenvalue weighted by molar-refractivity contribution is -0.153. The van der Waals surface area contributed by atoms with Gasteiger partial charge in [-0.15, -0.1) is 0 Å². The fourth-order valence-electron chi connectivity index (χ4n) is 3.98. The maximum absolute atomic E-state index is 13.8. The number of benzene rings is 2. The average Bonchev–Trinajstić information content (AvgIpc) is 2.69. The Morgan fingerprint density at radius 2 is 1.86 bits per heavy atom. The van der Waals surface area contributed by atoms with Crippen molar-refractivity contribution in [1.82, 2.24) is 15.1 Å². The number of carbonyl (C=O) groups is 2. The molecule has 0 unspecified atom stereocenters. The number of aryl methyl sites for hydroxylation is 1. The summed E-state index contributed by atoms with van der Waals surface area (Å²) in [5, 5.41) is 2.90. The number of piperazine rings is 2. The Labute approximate surface area is 164 Å². The zero-order valence-corrected chi connectivity index (χ0v) is 15.9. The predicted molar refractivity (Wildman–Crippen MR) is 104 cm³/mol. The highest BCUT2D eigenvalue weighted by Crippen LogP contribution is 2.20. The van der Waals surface area contributed by atoms with Crippen LogP contribution in [0, 0.1) is 12.7 Å². The van der Waals surface area contributed by atoms with Gasteiger partial charge in [-0.25, -0.2) is 4.39 Å². The number of rotatable bonds is 4. The number of nitrogens with zero attached hydrogens (tertiary/aromatic N) is 2. The fraction of sp³-hybridized carbons (Fsp3) is 0.364. The van der Waals surface area contributed by atoms with Gasteiger partial charge < -0.3 is 10.2 Å². The number of amides is 2. The molecule has 0 saturated carbocycles. The molecule has 2 aliphatic heterocycles. The van der Waals surface area contributed by atoms with Gasteiger partial charge in [0, 0.05) is 32.6 Å². The Hall–Kier alpha value is -2.73. The second kappa shape index (κ2) is 7.72.